The molecule has 0 aromatic heterocycles. The number of hydrogen-bond donors (Lipinski definition) is 1. The molecule has 1 heterocycles. The zero-order chi connectivity index (χ0) is 18.1. The Morgan fingerprint density at radius 2 is 1.79 bits per heavy atom. The van der Waals surface area contributed by atoms with Gasteiger partial charge in [0.25, 0.3) is 0 Å². The van der Waals surface area contributed by atoms with Crippen molar-refractivity contribution < 1.29 is 29.4 Å². The Kier molecular flexibility index (Phi) is 5.45. The van der Waals surface area contributed by atoms with Crippen molar-refractivity contribution in [2.75, 3.05) is 26.2 Å². The van der Waals surface area contributed by atoms with Gasteiger partial charge < -0.3 is 22.4 Å². The maximum absolute atomic E-state index is 13.4. The average Bonchev–Trinajstić information content (AvgIpc) is 2.42. The summed E-state index contributed by atoms with van der Waals surface area (Å²) in [6.45, 7) is -0.0613. The first kappa shape index (κ1) is 19.0. The van der Waals surface area contributed by atoms with Crippen molar-refractivity contribution in [1.29, 1.82) is 0 Å². The molecule has 2 rings (SSSR count). The van der Waals surface area contributed by atoms with E-state index in [-0.39, 0.29) is 17.7 Å². The molecule has 1 aromatic carbocycles. The zero-order valence-electron chi connectivity index (χ0n) is 13.3. The van der Waals surface area contributed by atoms with Crippen LogP contribution >= 0.6 is 0 Å². The number of halogens is 4. The highest BCUT2D eigenvalue weighted by atomic mass is 32.3. The second kappa shape index (κ2) is 6.89. The Morgan fingerprint density at radius 1 is 1.21 bits per heavy atom. The van der Waals surface area contributed by atoms with Crippen molar-refractivity contribution in [2.45, 2.75) is 20.4 Å². The van der Waals surface area contributed by atoms with Gasteiger partial charge in [0.1, 0.15) is 5.75 Å². The first-order chi connectivity index (χ1) is 11.0. The van der Waals surface area contributed by atoms with E-state index in [1.165, 1.54) is 13.0 Å². The summed E-state index contributed by atoms with van der Waals surface area (Å²) < 4.78 is 78.7. The van der Waals surface area contributed by atoms with E-state index in [2.05, 4.69) is 9.50 Å². The van der Waals surface area contributed by atoms with Crippen LogP contribution in [0.5, 0.6) is 5.75 Å². The number of benzene rings is 1. The van der Waals surface area contributed by atoms with Gasteiger partial charge in [0.15, 0.2) is 0 Å². The van der Waals surface area contributed by atoms with Crippen molar-refractivity contribution in [3.05, 3.63) is 22.8 Å². The normalized spacial score (nSPS) is 17.1. The number of hydrogen-bond acceptors (Lipinski definition) is 5. The lowest BCUT2D eigenvalue weighted by molar-refractivity contribution is 0.232. The van der Waals surface area contributed by atoms with Crippen LogP contribution in [-0.4, -0.2) is 46.5 Å². The predicted octanol–water partition coefficient (Wildman–Crippen LogP) is 1.36. The van der Waals surface area contributed by atoms with E-state index in [9.17, 15) is 25.3 Å². The van der Waals surface area contributed by atoms with Crippen LogP contribution in [0.3, 0.4) is 0 Å². The van der Waals surface area contributed by atoms with Crippen molar-refractivity contribution in [2.24, 2.45) is 0 Å². The maximum Gasteiger partial charge on any atom is 0.510 e. The van der Waals surface area contributed by atoms with Gasteiger partial charge >= 0.3 is 17.5 Å². The van der Waals surface area contributed by atoms with Crippen molar-refractivity contribution in [3.63, 3.8) is 0 Å². The zero-order valence-corrected chi connectivity index (χ0v) is 14.1. The summed E-state index contributed by atoms with van der Waals surface area (Å²) in [6.07, 6.45) is 0. The van der Waals surface area contributed by atoms with Gasteiger partial charge in [0, 0.05) is 32.7 Å². The molecule has 0 spiro atoms. The molecule has 24 heavy (non-hydrogen) atoms. The van der Waals surface area contributed by atoms with E-state index in [0.717, 1.165) is 6.92 Å². The monoisotopic (exact) mass is 369 g/mol. The van der Waals surface area contributed by atoms with Crippen molar-refractivity contribution >= 4 is 22.9 Å². The lowest BCUT2D eigenvalue weighted by Crippen LogP contribution is -2.44. The van der Waals surface area contributed by atoms with Crippen LogP contribution in [0.2, 0.25) is 0 Å². The van der Waals surface area contributed by atoms with Crippen LogP contribution < -0.4 is 15.0 Å². The highest BCUT2D eigenvalue weighted by Gasteiger charge is 2.32. The highest BCUT2D eigenvalue weighted by Crippen LogP contribution is 2.28. The van der Waals surface area contributed by atoms with Crippen LogP contribution in [0.15, 0.2) is 6.07 Å². The fourth-order valence-electron chi connectivity index (χ4n) is 2.92. The Morgan fingerprint density at radius 3 is 2.29 bits per heavy atom. The molecule has 1 saturated heterocycles. The summed E-state index contributed by atoms with van der Waals surface area (Å²) in [6, 6.07) is 1.18. The molecule has 5 nitrogen and oxygen atoms in total. The van der Waals surface area contributed by atoms with Crippen LogP contribution in [0.4, 0.5) is 16.8 Å². The maximum atomic E-state index is 13.4. The fourth-order valence-corrected chi connectivity index (χ4v) is 3.31. The summed E-state index contributed by atoms with van der Waals surface area (Å²) in [5, 5.41) is 3.13. The molecule has 1 N–H and O–H groups in total. The van der Waals surface area contributed by atoms with E-state index >= 15 is 0 Å². The molecule has 0 saturated carbocycles. The second-order valence-electron chi connectivity index (χ2n) is 5.77. The minimum atomic E-state index is -5.41. The molecule has 1 fully saturated rings. The molecule has 1 aliphatic rings. The number of rotatable bonds is 5. The lowest BCUT2D eigenvalue weighted by atomic mass is 9.72. The Hall–Kier alpha value is -1.33. The lowest BCUT2D eigenvalue weighted by Gasteiger charge is -2.30. The van der Waals surface area contributed by atoms with Gasteiger partial charge in [-0.25, -0.2) is 0 Å². The molecular weight excluding hydrogens is 351 g/mol. The van der Waals surface area contributed by atoms with Crippen LogP contribution in [-0.2, 0) is 17.0 Å². The molecule has 1 aliphatic heterocycles. The molecule has 11 heteroatoms. The summed E-state index contributed by atoms with van der Waals surface area (Å²) >= 11 is 0. The van der Waals surface area contributed by atoms with E-state index in [1.807, 2.05) is 4.90 Å². The largest absolute Gasteiger partial charge is 0.510 e. The SMILES string of the molecule is Cc1c(CN2CCNCC2)cc(OS(=O)(=O)F)c(C)c1[B-](F)(F)F. The van der Waals surface area contributed by atoms with Crippen molar-refractivity contribution in [3.8, 4) is 5.75 Å². The average molecular weight is 369 g/mol. The van der Waals surface area contributed by atoms with Gasteiger partial charge in [-0.2, -0.15) is 8.42 Å². The molecular formula is C13H18BF4N2O3S-. The number of piperazine rings is 1. The molecule has 0 bridgehead atoms. The molecule has 0 unspecified atom stereocenters. The summed E-state index contributed by atoms with van der Waals surface area (Å²) in [4.78, 5) is 1.94. The summed E-state index contributed by atoms with van der Waals surface area (Å²) in [5.41, 5.74) is -1.07. The van der Waals surface area contributed by atoms with E-state index in [0.29, 0.717) is 26.2 Å². The third-order valence-electron chi connectivity index (χ3n) is 4.08. The second-order valence-corrected chi connectivity index (χ2v) is 6.73. The first-order valence-corrected chi connectivity index (χ1v) is 8.70. The van der Waals surface area contributed by atoms with Crippen LogP contribution in [0.25, 0.3) is 0 Å². The summed E-state index contributed by atoms with van der Waals surface area (Å²) in [7, 11) is -5.41. The van der Waals surface area contributed by atoms with Gasteiger partial charge in [-0.15, -0.1) is 0 Å². The smallest absolute Gasteiger partial charge is 0.445 e. The quantitative estimate of drug-likeness (QED) is 0.483. The van der Waals surface area contributed by atoms with Gasteiger partial charge in [-0.05, 0) is 31.0 Å². The van der Waals surface area contributed by atoms with Crippen LogP contribution in [0, 0.1) is 13.8 Å². The van der Waals surface area contributed by atoms with Crippen LogP contribution in [0.1, 0.15) is 16.7 Å². The summed E-state index contributed by atoms with van der Waals surface area (Å²) in [5.74, 6) is -0.623. The van der Waals surface area contributed by atoms with Gasteiger partial charge in [-0.3, -0.25) is 4.90 Å². The molecule has 0 atom stereocenters. The molecule has 0 amide bonds. The van der Waals surface area contributed by atoms with Gasteiger partial charge in [0.05, 0.1) is 0 Å². The Balaban J connectivity index is 2.50. The van der Waals surface area contributed by atoms with E-state index in [1.54, 1.807) is 0 Å². The topological polar surface area (TPSA) is 58.6 Å². The standard InChI is InChI=1S/C13H18BF4N2O3S/c1-9-11(8-20-5-3-19-4-6-20)7-12(23-24(18,21)22)10(2)13(9)14(15,16)17/h7,19H,3-6,8H2,1-2H3/q-1. The third-order valence-corrected chi connectivity index (χ3v) is 4.46. The molecule has 1 aromatic rings. The molecule has 0 aliphatic carbocycles. The predicted molar refractivity (Wildman–Crippen MR) is 83.4 cm³/mol. The highest BCUT2D eigenvalue weighted by molar-refractivity contribution is 7.81. The Labute approximate surface area is 138 Å². The molecule has 136 valence electrons. The fraction of sp³-hybridized carbons (Fsp3) is 0.538. The minimum absolute atomic E-state index is 0.0159. The number of nitrogens with one attached hydrogen (secondary N) is 1. The van der Waals surface area contributed by atoms with E-state index in [4.69, 9.17) is 0 Å². The van der Waals surface area contributed by atoms with Gasteiger partial charge in [-0.1, -0.05) is 14.9 Å². The third kappa shape index (κ3) is 4.61. The van der Waals surface area contributed by atoms with Crippen molar-refractivity contribution in [1.82, 2.24) is 10.2 Å². The Bertz CT molecular complexity index is 719. The first-order valence-electron chi connectivity index (χ1n) is 7.39. The number of nitrogens with zero attached hydrogens (tertiary/aromatic N) is 1. The molecule has 0 radical (unpaired) electrons. The minimum Gasteiger partial charge on any atom is -0.445 e. The van der Waals surface area contributed by atoms with E-state index < -0.39 is 34.3 Å². The van der Waals surface area contributed by atoms with Gasteiger partial charge in [0.2, 0.25) is 0 Å².